The lowest BCUT2D eigenvalue weighted by molar-refractivity contribution is -0.245. The molecule has 1 spiro atoms. The van der Waals surface area contributed by atoms with Crippen LogP contribution in [0.3, 0.4) is 0 Å². The number of pyridine rings is 1. The van der Waals surface area contributed by atoms with Crippen LogP contribution in [0, 0.1) is 0 Å². The lowest BCUT2D eigenvalue weighted by atomic mass is 9.97. The van der Waals surface area contributed by atoms with Crippen LogP contribution in [0.1, 0.15) is 31.9 Å². The number of aliphatic hydroxyl groups is 2. The van der Waals surface area contributed by atoms with Crippen molar-refractivity contribution < 1.29 is 24.4 Å². The fourth-order valence-corrected chi connectivity index (χ4v) is 4.89. The molecule has 0 radical (unpaired) electrons. The summed E-state index contributed by atoms with van der Waals surface area (Å²) in [6.07, 6.45) is 3.23. The molecule has 5 rings (SSSR count). The largest absolute Gasteiger partial charge is 0.393 e. The smallest absolute Gasteiger partial charge is 0.182 e. The predicted octanol–water partition coefficient (Wildman–Crippen LogP) is 2.04. The maximum absolute atomic E-state index is 10.0. The molecule has 10 heteroatoms. The predicted molar refractivity (Wildman–Crippen MR) is 95.5 cm³/mol. The highest BCUT2D eigenvalue weighted by atomic mass is 35.5. The lowest BCUT2D eigenvalue weighted by Crippen LogP contribution is -2.49. The van der Waals surface area contributed by atoms with Crippen molar-refractivity contribution in [1.29, 1.82) is 0 Å². The monoisotopic (exact) mass is 415 g/mol. The van der Waals surface area contributed by atoms with E-state index in [2.05, 4.69) is 10.1 Å². The number of aliphatic hydroxyl groups excluding tert-OH is 2. The second-order valence-corrected chi connectivity index (χ2v) is 8.18. The van der Waals surface area contributed by atoms with Gasteiger partial charge in [0, 0.05) is 12.8 Å². The number of ether oxygens (including phenoxy) is 3. The average Bonchev–Trinajstić information content (AvgIpc) is 3.40. The van der Waals surface area contributed by atoms with E-state index in [0.717, 1.165) is 25.7 Å². The zero-order chi connectivity index (χ0) is 18.8. The Morgan fingerprint density at radius 3 is 2.59 bits per heavy atom. The Bertz CT molecular complexity index is 881. The van der Waals surface area contributed by atoms with E-state index in [0.29, 0.717) is 16.1 Å². The van der Waals surface area contributed by atoms with Crippen LogP contribution in [0.2, 0.25) is 10.2 Å². The molecule has 2 aromatic rings. The molecule has 2 aliphatic heterocycles. The van der Waals surface area contributed by atoms with Gasteiger partial charge in [0.05, 0.1) is 29.8 Å². The van der Waals surface area contributed by atoms with Gasteiger partial charge < -0.3 is 24.4 Å². The van der Waals surface area contributed by atoms with Crippen molar-refractivity contribution >= 4 is 34.2 Å². The summed E-state index contributed by atoms with van der Waals surface area (Å²) in [4.78, 5) is 4.32. The molecule has 0 amide bonds. The van der Waals surface area contributed by atoms with Gasteiger partial charge in [-0.05, 0) is 18.9 Å². The molecule has 3 atom stereocenters. The van der Waals surface area contributed by atoms with Crippen molar-refractivity contribution in [2.45, 2.75) is 55.5 Å². The second kappa shape index (κ2) is 6.25. The Hall–Kier alpha value is -1.00. The highest BCUT2D eigenvalue weighted by Crippen LogP contribution is 2.52. The summed E-state index contributed by atoms with van der Waals surface area (Å²) in [6, 6.07) is 1.55. The van der Waals surface area contributed by atoms with Crippen LogP contribution >= 0.6 is 23.2 Å². The van der Waals surface area contributed by atoms with Gasteiger partial charge in [-0.25, -0.2) is 9.67 Å². The molecule has 1 aliphatic carbocycles. The number of hydrogen-bond donors (Lipinski definition) is 2. The van der Waals surface area contributed by atoms with Crippen molar-refractivity contribution in [2.24, 2.45) is 0 Å². The standard InChI is InChI=1S/C17H19Cl2N3O5/c18-10-5-11(19)21-14-9(10)6-20-22(14)15-12-13(16(7-23,8-24)27-15)26-17(25-12)3-1-2-4-17/h5-6,12-13,15,23-24H,1-4,7-8H2/t12-,13+,15-/m1/s1. The van der Waals surface area contributed by atoms with Gasteiger partial charge in [-0.1, -0.05) is 23.2 Å². The summed E-state index contributed by atoms with van der Waals surface area (Å²) in [5.74, 6) is -0.696. The van der Waals surface area contributed by atoms with Crippen molar-refractivity contribution in [3.8, 4) is 0 Å². The van der Waals surface area contributed by atoms with Crippen LogP contribution < -0.4 is 0 Å². The van der Waals surface area contributed by atoms with Gasteiger partial charge >= 0.3 is 0 Å². The van der Waals surface area contributed by atoms with Gasteiger partial charge in [0.2, 0.25) is 0 Å². The van der Waals surface area contributed by atoms with Crippen LogP contribution in [-0.4, -0.2) is 61.8 Å². The van der Waals surface area contributed by atoms with Crippen molar-refractivity contribution in [3.05, 3.63) is 22.4 Å². The van der Waals surface area contributed by atoms with Crippen LogP contribution in [0.25, 0.3) is 11.0 Å². The molecule has 3 fully saturated rings. The topological polar surface area (TPSA) is 98.9 Å². The molecule has 1 saturated carbocycles. The number of fused-ring (bicyclic) bond motifs is 2. The summed E-state index contributed by atoms with van der Waals surface area (Å²) in [5, 5.41) is 25.7. The highest BCUT2D eigenvalue weighted by Gasteiger charge is 2.65. The fraction of sp³-hybridized carbons (Fsp3) is 0.647. The molecule has 3 aliphatic rings. The van der Waals surface area contributed by atoms with Crippen LogP contribution in [-0.2, 0) is 14.2 Å². The first-order valence-corrected chi connectivity index (χ1v) is 9.71. The molecular formula is C17H19Cl2N3O5. The van der Waals surface area contributed by atoms with E-state index in [1.807, 2.05) is 0 Å². The fourth-order valence-electron chi connectivity index (χ4n) is 4.41. The van der Waals surface area contributed by atoms with E-state index < -0.39 is 43.0 Å². The van der Waals surface area contributed by atoms with Gasteiger partial charge in [0.25, 0.3) is 0 Å². The molecule has 2 aromatic heterocycles. The van der Waals surface area contributed by atoms with E-state index in [9.17, 15) is 10.2 Å². The number of halogens is 2. The van der Waals surface area contributed by atoms with Gasteiger partial charge in [-0.3, -0.25) is 0 Å². The Morgan fingerprint density at radius 2 is 1.89 bits per heavy atom. The molecule has 0 bridgehead atoms. The summed E-state index contributed by atoms with van der Waals surface area (Å²) in [6.45, 7) is -0.816. The number of hydrogen-bond acceptors (Lipinski definition) is 7. The molecule has 4 heterocycles. The Labute approximate surface area is 164 Å². The first-order valence-electron chi connectivity index (χ1n) is 8.95. The zero-order valence-corrected chi connectivity index (χ0v) is 15.9. The van der Waals surface area contributed by atoms with Gasteiger partial charge in [-0.15, -0.1) is 0 Å². The number of nitrogens with zero attached hydrogens (tertiary/aromatic N) is 3. The van der Waals surface area contributed by atoms with E-state index in [1.54, 1.807) is 12.3 Å². The average molecular weight is 416 g/mol. The van der Waals surface area contributed by atoms with Crippen LogP contribution in [0.15, 0.2) is 12.3 Å². The quantitative estimate of drug-likeness (QED) is 0.739. The number of aromatic nitrogens is 3. The SMILES string of the molecule is OCC1(CO)O[C@@H](n2ncc3c(Cl)cc(Cl)nc32)[C@@H]2OC3(CCCC3)O[C@@H]21. The van der Waals surface area contributed by atoms with Gasteiger partial charge in [0.15, 0.2) is 17.7 Å². The Balaban J connectivity index is 1.60. The first kappa shape index (κ1) is 18.1. The third-order valence-corrected chi connectivity index (χ3v) is 6.28. The van der Waals surface area contributed by atoms with Gasteiger partial charge in [-0.2, -0.15) is 5.10 Å². The minimum absolute atomic E-state index is 0.232. The maximum atomic E-state index is 10.0. The van der Waals surface area contributed by atoms with Crippen LogP contribution in [0.4, 0.5) is 0 Å². The van der Waals surface area contributed by atoms with Crippen molar-refractivity contribution in [3.63, 3.8) is 0 Å². The summed E-state index contributed by atoms with van der Waals surface area (Å²) in [5.41, 5.74) is -0.846. The summed E-state index contributed by atoms with van der Waals surface area (Å²) in [7, 11) is 0. The van der Waals surface area contributed by atoms with Crippen molar-refractivity contribution in [1.82, 2.24) is 14.8 Å². The molecule has 2 N–H and O–H groups in total. The third-order valence-electron chi connectivity index (χ3n) is 5.77. The number of rotatable bonds is 3. The summed E-state index contributed by atoms with van der Waals surface area (Å²) >= 11 is 12.3. The molecule has 0 aromatic carbocycles. The van der Waals surface area contributed by atoms with E-state index in [-0.39, 0.29) is 5.15 Å². The van der Waals surface area contributed by atoms with Gasteiger partial charge in [0.1, 0.15) is 23.0 Å². The van der Waals surface area contributed by atoms with E-state index >= 15 is 0 Å². The Morgan fingerprint density at radius 1 is 1.15 bits per heavy atom. The van der Waals surface area contributed by atoms with Crippen molar-refractivity contribution in [2.75, 3.05) is 13.2 Å². The molecule has 27 heavy (non-hydrogen) atoms. The molecule has 2 saturated heterocycles. The normalized spacial score (nSPS) is 31.2. The Kier molecular flexibility index (Phi) is 4.18. The minimum atomic E-state index is -1.29. The second-order valence-electron chi connectivity index (χ2n) is 7.38. The van der Waals surface area contributed by atoms with E-state index in [1.165, 1.54) is 4.68 Å². The molecular weight excluding hydrogens is 397 g/mol. The summed E-state index contributed by atoms with van der Waals surface area (Å²) < 4.78 is 20.2. The molecule has 8 nitrogen and oxygen atoms in total. The highest BCUT2D eigenvalue weighted by molar-refractivity contribution is 6.37. The third kappa shape index (κ3) is 2.55. The zero-order valence-electron chi connectivity index (χ0n) is 14.3. The minimum Gasteiger partial charge on any atom is -0.393 e. The molecule has 0 unspecified atom stereocenters. The van der Waals surface area contributed by atoms with Crippen LogP contribution in [0.5, 0.6) is 0 Å². The lowest BCUT2D eigenvalue weighted by Gasteiger charge is -2.32. The van der Waals surface area contributed by atoms with E-state index in [4.69, 9.17) is 37.4 Å². The molecule has 146 valence electrons. The maximum Gasteiger partial charge on any atom is 0.182 e. The first-order chi connectivity index (χ1) is 13.0.